The number of nitrogen functional groups attached to an aromatic ring is 1. The molecule has 0 spiro atoms. The van der Waals surface area contributed by atoms with E-state index in [-0.39, 0.29) is 11.9 Å². The summed E-state index contributed by atoms with van der Waals surface area (Å²) in [7, 11) is 0. The van der Waals surface area contributed by atoms with Crippen LogP contribution in [0.2, 0.25) is 0 Å². The van der Waals surface area contributed by atoms with Crippen molar-refractivity contribution in [2.24, 2.45) is 4.99 Å². The Morgan fingerprint density at radius 1 is 0.917 bits per heavy atom. The molecular weight excluding hydrogens is 300 g/mol. The number of nitrogens with zero attached hydrogens (tertiary/aromatic N) is 4. The number of para-hydroxylation sites is 1. The molecule has 0 aliphatic rings. The Balaban J connectivity index is 1.71. The molecule has 0 radical (unpaired) electrons. The summed E-state index contributed by atoms with van der Waals surface area (Å²) in [6, 6.07) is 17.6. The van der Waals surface area contributed by atoms with Gasteiger partial charge >= 0.3 is 0 Å². The van der Waals surface area contributed by atoms with Crippen LogP contribution in [0.5, 0.6) is 0 Å². The first-order valence-corrected chi connectivity index (χ1v) is 7.47. The third-order valence-electron chi connectivity index (χ3n) is 3.61. The number of hydrogen-bond acceptors (Lipinski definition) is 5. The van der Waals surface area contributed by atoms with Crippen LogP contribution < -0.4 is 5.73 Å². The van der Waals surface area contributed by atoms with Gasteiger partial charge in [-0.2, -0.15) is 15.0 Å². The Bertz CT molecular complexity index is 1020. The third kappa shape index (κ3) is 2.72. The van der Waals surface area contributed by atoms with Crippen LogP contribution in [0.3, 0.4) is 0 Å². The fourth-order valence-electron chi connectivity index (χ4n) is 2.48. The highest BCUT2D eigenvalue weighted by molar-refractivity contribution is 5.99. The topological polar surface area (TPSA) is 92.8 Å². The minimum atomic E-state index is 0.148. The van der Waals surface area contributed by atoms with Gasteiger partial charge in [-0.05, 0) is 6.07 Å². The van der Waals surface area contributed by atoms with Crippen molar-refractivity contribution in [3.8, 4) is 11.4 Å². The predicted molar refractivity (Wildman–Crippen MR) is 95.2 cm³/mol. The summed E-state index contributed by atoms with van der Waals surface area (Å²) in [5.41, 5.74) is 8.68. The summed E-state index contributed by atoms with van der Waals surface area (Å²) in [6.45, 7) is 0. The standard InChI is InChI=1S/C18H14N6/c19-17-22-16(12-6-2-1-3-7-12)23-18(24-17)21-11-13-10-20-15-9-5-4-8-14(13)15/h1-11,20H,(H2,19,22,23,24)/b21-11+. The van der Waals surface area contributed by atoms with Crippen molar-refractivity contribution >= 4 is 29.0 Å². The molecule has 0 aliphatic carbocycles. The summed E-state index contributed by atoms with van der Waals surface area (Å²) >= 11 is 0. The lowest BCUT2D eigenvalue weighted by Gasteiger charge is -2.01. The van der Waals surface area contributed by atoms with Crippen molar-refractivity contribution in [2.45, 2.75) is 0 Å². The Morgan fingerprint density at radius 3 is 2.58 bits per heavy atom. The van der Waals surface area contributed by atoms with Gasteiger partial charge in [-0.25, -0.2) is 4.99 Å². The lowest BCUT2D eigenvalue weighted by Crippen LogP contribution is -1.99. The number of aliphatic imine (C=N–C) groups is 1. The molecule has 24 heavy (non-hydrogen) atoms. The highest BCUT2D eigenvalue weighted by Gasteiger charge is 2.06. The number of anilines is 1. The fraction of sp³-hybridized carbons (Fsp3) is 0. The molecule has 0 saturated carbocycles. The molecule has 4 aromatic rings. The Hall–Kier alpha value is -3.54. The summed E-state index contributed by atoms with van der Waals surface area (Å²) in [5, 5.41) is 1.09. The Labute approximate surface area is 138 Å². The number of nitrogens with two attached hydrogens (primary N) is 1. The van der Waals surface area contributed by atoms with Crippen LogP contribution >= 0.6 is 0 Å². The van der Waals surface area contributed by atoms with E-state index in [0.29, 0.717) is 5.82 Å². The molecule has 6 heteroatoms. The summed E-state index contributed by atoms with van der Waals surface area (Å²) in [6.07, 6.45) is 3.62. The van der Waals surface area contributed by atoms with Crippen LogP contribution in [0.15, 0.2) is 65.8 Å². The van der Waals surface area contributed by atoms with Gasteiger partial charge in [0, 0.05) is 34.4 Å². The molecule has 0 aliphatic heterocycles. The van der Waals surface area contributed by atoms with Gasteiger partial charge < -0.3 is 10.7 Å². The van der Waals surface area contributed by atoms with Crippen molar-refractivity contribution in [3.05, 3.63) is 66.4 Å². The second-order valence-electron chi connectivity index (χ2n) is 5.23. The molecule has 0 bridgehead atoms. The normalized spacial score (nSPS) is 11.3. The highest BCUT2D eigenvalue weighted by Crippen LogP contribution is 2.19. The van der Waals surface area contributed by atoms with Crippen LogP contribution in [-0.2, 0) is 0 Å². The number of rotatable bonds is 3. The van der Waals surface area contributed by atoms with Crippen LogP contribution in [-0.4, -0.2) is 26.2 Å². The number of benzene rings is 2. The molecular formula is C18H14N6. The van der Waals surface area contributed by atoms with E-state index >= 15 is 0 Å². The SMILES string of the molecule is Nc1nc(/N=C/c2c[nH]c3ccccc23)nc(-c2ccccc2)n1. The molecule has 2 aromatic carbocycles. The maximum Gasteiger partial charge on any atom is 0.254 e. The van der Waals surface area contributed by atoms with Gasteiger partial charge in [0.1, 0.15) is 0 Å². The van der Waals surface area contributed by atoms with E-state index in [1.54, 1.807) is 6.21 Å². The smallest absolute Gasteiger partial charge is 0.254 e. The molecule has 2 aromatic heterocycles. The number of aromatic nitrogens is 4. The highest BCUT2D eigenvalue weighted by atomic mass is 15.2. The van der Waals surface area contributed by atoms with E-state index in [1.165, 1.54) is 0 Å². The molecule has 3 N–H and O–H groups in total. The Kier molecular flexibility index (Phi) is 3.47. The van der Waals surface area contributed by atoms with Gasteiger partial charge in [-0.1, -0.05) is 48.5 Å². The number of H-pyrrole nitrogens is 1. The number of aromatic amines is 1. The van der Waals surface area contributed by atoms with Crippen LogP contribution in [0, 0.1) is 0 Å². The van der Waals surface area contributed by atoms with E-state index in [1.807, 2.05) is 60.8 Å². The van der Waals surface area contributed by atoms with E-state index in [9.17, 15) is 0 Å². The van der Waals surface area contributed by atoms with Gasteiger partial charge in [0.2, 0.25) is 5.95 Å². The van der Waals surface area contributed by atoms with E-state index < -0.39 is 0 Å². The first-order chi connectivity index (χ1) is 11.8. The zero-order chi connectivity index (χ0) is 16.4. The summed E-state index contributed by atoms with van der Waals surface area (Å²) in [4.78, 5) is 20.2. The van der Waals surface area contributed by atoms with Crippen molar-refractivity contribution < 1.29 is 0 Å². The number of fused-ring (bicyclic) bond motifs is 1. The number of nitrogens with one attached hydrogen (secondary N) is 1. The molecule has 0 fully saturated rings. The Morgan fingerprint density at radius 2 is 1.71 bits per heavy atom. The van der Waals surface area contributed by atoms with E-state index in [2.05, 4.69) is 24.9 Å². The van der Waals surface area contributed by atoms with Crippen LogP contribution in [0.4, 0.5) is 11.9 Å². The average Bonchev–Trinajstić information content (AvgIpc) is 3.03. The quantitative estimate of drug-likeness (QED) is 0.567. The van der Waals surface area contributed by atoms with Gasteiger partial charge in [-0.15, -0.1) is 0 Å². The van der Waals surface area contributed by atoms with Crippen molar-refractivity contribution in [1.29, 1.82) is 0 Å². The molecule has 4 rings (SSSR count). The van der Waals surface area contributed by atoms with Gasteiger partial charge in [-0.3, -0.25) is 0 Å². The summed E-state index contributed by atoms with van der Waals surface area (Å²) in [5.74, 6) is 0.941. The maximum absolute atomic E-state index is 5.79. The molecule has 0 amide bonds. The monoisotopic (exact) mass is 314 g/mol. The molecule has 2 heterocycles. The van der Waals surface area contributed by atoms with E-state index in [0.717, 1.165) is 22.0 Å². The fourth-order valence-corrected chi connectivity index (χ4v) is 2.48. The summed E-state index contributed by atoms with van der Waals surface area (Å²) < 4.78 is 0. The average molecular weight is 314 g/mol. The lowest BCUT2D eigenvalue weighted by atomic mass is 10.2. The largest absolute Gasteiger partial charge is 0.368 e. The molecule has 0 unspecified atom stereocenters. The number of hydrogen-bond donors (Lipinski definition) is 2. The predicted octanol–water partition coefficient (Wildman–Crippen LogP) is 3.35. The third-order valence-corrected chi connectivity index (χ3v) is 3.61. The zero-order valence-corrected chi connectivity index (χ0v) is 12.7. The molecule has 0 saturated heterocycles. The second kappa shape index (κ2) is 5.92. The lowest BCUT2D eigenvalue weighted by molar-refractivity contribution is 1.06. The molecule has 116 valence electrons. The van der Waals surface area contributed by atoms with E-state index in [4.69, 9.17) is 5.73 Å². The first-order valence-electron chi connectivity index (χ1n) is 7.47. The first kappa shape index (κ1) is 14.1. The van der Waals surface area contributed by atoms with Crippen molar-refractivity contribution in [3.63, 3.8) is 0 Å². The van der Waals surface area contributed by atoms with Gasteiger partial charge in [0.25, 0.3) is 5.95 Å². The zero-order valence-electron chi connectivity index (χ0n) is 12.7. The van der Waals surface area contributed by atoms with Crippen molar-refractivity contribution in [1.82, 2.24) is 19.9 Å². The van der Waals surface area contributed by atoms with Crippen LogP contribution in [0.1, 0.15) is 5.56 Å². The van der Waals surface area contributed by atoms with Gasteiger partial charge in [0.05, 0.1) is 0 Å². The minimum Gasteiger partial charge on any atom is -0.368 e. The molecule has 6 nitrogen and oxygen atoms in total. The van der Waals surface area contributed by atoms with Crippen molar-refractivity contribution in [2.75, 3.05) is 5.73 Å². The van der Waals surface area contributed by atoms with Crippen LogP contribution in [0.25, 0.3) is 22.3 Å². The van der Waals surface area contributed by atoms with Gasteiger partial charge in [0.15, 0.2) is 5.82 Å². The molecule has 0 atom stereocenters. The minimum absolute atomic E-state index is 0.148. The maximum atomic E-state index is 5.79. The second-order valence-corrected chi connectivity index (χ2v) is 5.23.